The summed E-state index contributed by atoms with van der Waals surface area (Å²) in [6.45, 7) is 2.39. The minimum absolute atomic E-state index is 0.140. The van der Waals surface area contributed by atoms with Crippen LogP contribution in [0.1, 0.15) is 82.3 Å². The second-order valence-electron chi connectivity index (χ2n) is 11.7. The number of hydrogen-bond acceptors (Lipinski definition) is 0. The summed E-state index contributed by atoms with van der Waals surface area (Å²) >= 11 is 0. The Labute approximate surface area is 242 Å². The zero-order valence-electron chi connectivity index (χ0n) is 23.4. The van der Waals surface area contributed by atoms with Gasteiger partial charge in [0.25, 0.3) is 0 Å². The highest BCUT2D eigenvalue weighted by Gasteiger charge is 2.40. The van der Waals surface area contributed by atoms with E-state index in [4.69, 9.17) is 0 Å². The highest BCUT2D eigenvalue weighted by atomic mass is 31.1. The molecule has 0 nitrogen and oxygen atoms in total. The summed E-state index contributed by atoms with van der Waals surface area (Å²) in [5.74, 6) is 0.140. The fraction of sp³-hybridized carbons (Fsp3) is 0.515. The maximum Gasteiger partial charge on any atom is 0.416 e. The largest absolute Gasteiger partial charge is 0.416 e. The first kappa shape index (κ1) is 30.8. The van der Waals surface area contributed by atoms with Gasteiger partial charge in [0, 0.05) is 5.92 Å². The molecule has 5 rings (SSSR count). The van der Waals surface area contributed by atoms with Crippen molar-refractivity contribution in [2.24, 2.45) is 5.92 Å². The molecule has 0 heterocycles. The van der Waals surface area contributed by atoms with Crippen LogP contribution in [0.5, 0.6) is 0 Å². The first-order valence-electron chi connectivity index (χ1n) is 14.8. The molecule has 2 unspecified atom stereocenters. The molecule has 0 spiro atoms. The minimum Gasteiger partial charge on any atom is -0.166 e. The molecule has 3 aliphatic carbocycles. The van der Waals surface area contributed by atoms with Crippen molar-refractivity contribution in [3.05, 3.63) is 83.2 Å². The van der Waals surface area contributed by atoms with E-state index in [1.807, 2.05) is 0 Å². The van der Waals surface area contributed by atoms with E-state index in [9.17, 15) is 26.3 Å². The molecule has 0 aliphatic heterocycles. The predicted molar refractivity (Wildman–Crippen MR) is 160 cm³/mol. The average Bonchev–Trinajstić information content (AvgIpc) is 3.44. The van der Waals surface area contributed by atoms with Crippen molar-refractivity contribution in [2.75, 3.05) is 0 Å². The number of halogens is 6. The summed E-state index contributed by atoms with van der Waals surface area (Å²) < 4.78 is 80.3. The van der Waals surface area contributed by atoms with E-state index < -0.39 is 31.4 Å². The summed E-state index contributed by atoms with van der Waals surface area (Å²) in [6, 6.07) is 10.5. The number of rotatable bonds is 7. The molecule has 0 bridgehead atoms. The molecule has 0 amide bonds. The molecule has 2 saturated carbocycles. The molecule has 2 aromatic rings. The van der Waals surface area contributed by atoms with Gasteiger partial charge < -0.3 is 0 Å². The molecule has 0 N–H and O–H groups in total. The lowest BCUT2D eigenvalue weighted by Crippen LogP contribution is -2.30. The molecular weight excluding hydrogens is 572 g/mol. The van der Waals surface area contributed by atoms with Crippen LogP contribution < -0.4 is 10.6 Å². The van der Waals surface area contributed by atoms with Gasteiger partial charge in [-0.1, -0.05) is 95.9 Å². The smallest absolute Gasteiger partial charge is 0.166 e. The standard InChI is InChI=1S/C33H38F6P2/c1-23(40(26-9-4-2-5-10-26)27-11-6-3-7-12-27)30-13-8-14-31(30)41(28-19-15-24(16-20-28)32(34,35)36)29-21-17-25(18-22-29)33(37,38)39/h8,13-23,26-27,30H,2-7,9-12H2,1H3. The van der Waals surface area contributed by atoms with Gasteiger partial charge >= 0.3 is 12.4 Å². The van der Waals surface area contributed by atoms with E-state index in [2.05, 4.69) is 25.2 Å². The first-order valence-corrected chi connectivity index (χ1v) is 17.7. The van der Waals surface area contributed by atoms with Crippen LogP contribution in [0.25, 0.3) is 0 Å². The topological polar surface area (TPSA) is 0 Å². The molecule has 8 heteroatoms. The van der Waals surface area contributed by atoms with Crippen LogP contribution >= 0.6 is 15.8 Å². The summed E-state index contributed by atoms with van der Waals surface area (Å²) in [7, 11) is -1.58. The Kier molecular flexibility index (Phi) is 9.71. The van der Waals surface area contributed by atoms with Crippen LogP contribution in [0.15, 0.2) is 72.1 Å². The zero-order valence-corrected chi connectivity index (χ0v) is 25.2. The molecule has 2 fully saturated rings. The van der Waals surface area contributed by atoms with Gasteiger partial charge in [-0.05, 0) is 90.8 Å². The SMILES string of the molecule is CC(C1C=CC=C1P(c1ccc(C(F)(F)F)cc1)c1ccc(C(F)(F)F)cc1)P(C1CCCCC1)C1CCCCC1. The molecular formula is C33H38F6P2. The molecule has 0 saturated heterocycles. The van der Waals surface area contributed by atoms with E-state index in [1.54, 1.807) is 0 Å². The molecule has 0 radical (unpaired) electrons. The van der Waals surface area contributed by atoms with Crippen molar-refractivity contribution in [1.82, 2.24) is 0 Å². The predicted octanol–water partition coefficient (Wildman–Crippen LogP) is 10.8. The van der Waals surface area contributed by atoms with Gasteiger partial charge in [0.15, 0.2) is 0 Å². The highest BCUT2D eigenvalue weighted by molar-refractivity contribution is 7.76. The minimum atomic E-state index is -4.45. The molecule has 2 aromatic carbocycles. The summed E-state index contributed by atoms with van der Waals surface area (Å²) in [5, 5.41) is 2.62. The summed E-state index contributed by atoms with van der Waals surface area (Å²) in [5.41, 5.74) is 0.469. The third kappa shape index (κ3) is 7.13. The maximum absolute atomic E-state index is 13.4. The molecule has 41 heavy (non-hydrogen) atoms. The number of benzene rings is 2. The first-order chi connectivity index (χ1) is 19.5. The van der Waals surface area contributed by atoms with Gasteiger partial charge in [-0.2, -0.15) is 26.3 Å². The van der Waals surface area contributed by atoms with E-state index in [-0.39, 0.29) is 13.8 Å². The van der Waals surface area contributed by atoms with Crippen LogP contribution in [-0.4, -0.2) is 17.0 Å². The van der Waals surface area contributed by atoms with Crippen LogP contribution in [-0.2, 0) is 12.4 Å². The Morgan fingerprint density at radius 2 is 1.05 bits per heavy atom. The Morgan fingerprint density at radius 1 is 0.634 bits per heavy atom. The Bertz CT molecular complexity index is 1120. The van der Waals surface area contributed by atoms with Gasteiger partial charge in [-0.25, -0.2) is 0 Å². The van der Waals surface area contributed by atoms with Gasteiger partial charge in [-0.3, -0.25) is 0 Å². The number of allylic oxidation sites excluding steroid dienone is 4. The average molecular weight is 611 g/mol. The zero-order chi connectivity index (χ0) is 29.2. The lowest BCUT2D eigenvalue weighted by Gasteiger charge is -2.44. The van der Waals surface area contributed by atoms with Crippen molar-refractivity contribution in [3.8, 4) is 0 Å². The molecule has 222 valence electrons. The lowest BCUT2D eigenvalue weighted by molar-refractivity contribution is -0.138. The van der Waals surface area contributed by atoms with Crippen molar-refractivity contribution in [1.29, 1.82) is 0 Å². The second-order valence-corrected chi connectivity index (χ2v) is 17.1. The molecule has 2 atom stereocenters. The van der Waals surface area contributed by atoms with Crippen LogP contribution in [0.2, 0.25) is 0 Å². The second kappa shape index (κ2) is 12.9. The number of hydrogen-bond donors (Lipinski definition) is 0. The Hall–Kier alpha value is -1.64. The quantitative estimate of drug-likeness (QED) is 0.216. The number of alkyl halides is 6. The van der Waals surface area contributed by atoms with Gasteiger partial charge in [0.2, 0.25) is 0 Å². The van der Waals surface area contributed by atoms with Gasteiger partial charge in [-0.15, -0.1) is 0 Å². The monoisotopic (exact) mass is 610 g/mol. The fourth-order valence-electron chi connectivity index (χ4n) is 7.07. The van der Waals surface area contributed by atoms with Gasteiger partial charge in [0.05, 0.1) is 11.1 Å². The molecule has 3 aliphatic rings. The van der Waals surface area contributed by atoms with Crippen LogP contribution in [0.3, 0.4) is 0 Å². The molecule has 0 aromatic heterocycles. The summed E-state index contributed by atoms with van der Waals surface area (Å²) in [6.07, 6.45) is 10.4. The van der Waals surface area contributed by atoms with Crippen LogP contribution in [0, 0.1) is 5.92 Å². The van der Waals surface area contributed by atoms with Crippen molar-refractivity contribution < 1.29 is 26.3 Å². The van der Waals surface area contributed by atoms with Gasteiger partial charge in [0.1, 0.15) is 0 Å². The summed E-state index contributed by atoms with van der Waals surface area (Å²) in [4.78, 5) is 0. The van der Waals surface area contributed by atoms with E-state index >= 15 is 0 Å². The third-order valence-corrected chi connectivity index (χ3v) is 15.6. The van der Waals surface area contributed by atoms with Crippen molar-refractivity contribution in [3.63, 3.8) is 0 Å². The maximum atomic E-state index is 13.4. The Morgan fingerprint density at radius 3 is 1.44 bits per heavy atom. The lowest BCUT2D eigenvalue weighted by atomic mass is 9.99. The van der Waals surface area contributed by atoms with Crippen LogP contribution in [0.4, 0.5) is 26.3 Å². The van der Waals surface area contributed by atoms with E-state index in [0.717, 1.165) is 51.5 Å². The van der Waals surface area contributed by atoms with Crippen molar-refractivity contribution in [2.45, 2.75) is 100 Å². The fourth-order valence-corrected chi connectivity index (χ4v) is 14.3. The van der Waals surface area contributed by atoms with E-state index in [0.29, 0.717) is 5.66 Å². The normalized spacial score (nSPS) is 22.0. The Balaban J connectivity index is 1.51. The highest BCUT2D eigenvalue weighted by Crippen LogP contribution is 2.64. The third-order valence-electron chi connectivity index (χ3n) is 9.07. The van der Waals surface area contributed by atoms with Crippen molar-refractivity contribution >= 4 is 26.5 Å². The van der Waals surface area contributed by atoms with E-state index in [1.165, 1.54) is 88.5 Å².